The standard InChI is InChI=1S/C8H6O2.3C2H6/c9-7-5-10-8-4-2-1-3-6(7)8;3*1-2/h1-4H,5H2;3*1-2H3. The molecular weight excluding hydrogens is 200 g/mol. The van der Waals surface area contributed by atoms with Gasteiger partial charge in [-0.1, -0.05) is 53.7 Å². The first-order valence-electron chi connectivity index (χ1n) is 6.13. The molecule has 92 valence electrons. The fourth-order valence-electron chi connectivity index (χ4n) is 1.04. The van der Waals surface area contributed by atoms with E-state index >= 15 is 0 Å². The summed E-state index contributed by atoms with van der Waals surface area (Å²) in [7, 11) is 0. The van der Waals surface area contributed by atoms with Crippen molar-refractivity contribution < 1.29 is 9.53 Å². The number of ether oxygens (including phenoxy) is 1. The summed E-state index contributed by atoms with van der Waals surface area (Å²) in [5.41, 5.74) is 0.711. The van der Waals surface area contributed by atoms with E-state index in [9.17, 15) is 4.79 Å². The summed E-state index contributed by atoms with van der Waals surface area (Å²) in [5.74, 6) is 0.795. The summed E-state index contributed by atoms with van der Waals surface area (Å²) in [6, 6.07) is 7.29. The summed E-state index contributed by atoms with van der Waals surface area (Å²) in [6.07, 6.45) is 0. The quantitative estimate of drug-likeness (QED) is 0.655. The van der Waals surface area contributed by atoms with E-state index in [1.54, 1.807) is 12.1 Å². The molecule has 1 aliphatic rings. The maximum absolute atomic E-state index is 10.9. The van der Waals surface area contributed by atoms with Crippen LogP contribution in [0.2, 0.25) is 0 Å². The Morgan fingerprint density at radius 1 is 0.938 bits per heavy atom. The van der Waals surface area contributed by atoms with Crippen molar-refractivity contribution in [2.45, 2.75) is 41.5 Å². The van der Waals surface area contributed by atoms with Crippen molar-refractivity contribution in [2.75, 3.05) is 6.61 Å². The minimum Gasteiger partial charge on any atom is -0.485 e. The topological polar surface area (TPSA) is 26.3 Å². The fraction of sp³-hybridized carbons (Fsp3) is 0.500. The molecule has 0 aliphatic carbocycles. The molecule has 0 bridgehead atoms. The zero-order chi connectivity index (χ0) is 13.0. The smallest absolute Gasteiger partial charge is 0.203 e. The van der Waals surface area contributed by atoms with Crippen molar-refractivity contribution in [3.8, 4) is 5.75 Å². The van der Waals surface area contributed by atoms with Crippen molar-refractivity contribution in [2.24, 2.45) is 0 Å². The molecule has 0 N–H and O–H groups in total. The maximum atomic E-state index is 10.9. The molecule has 1 aromatic carbocycles. The van der Waals surface area contributed by atoms with Crippen LogP contribution >= 0.6 is 0 Å². The lowest BCUT2D eigenvalue weighted by atomic mass is 10.2. The van der Waals surface area contributed by atoms with Gasteiger partial charge in [-0.3, -0.25) is 4.79 Å². The molecule has 0 fully saturated rings. The molecular formula is C14H24O2. The van der Waals surface area contributed by atoms with Crippen LogP contribution in [0.25, 0.3) is 0 Å². The van der Waals surface area contributed by atoms with E-state index in [2.05, 4.69) is 0 Å². The average Bonchev–Trinajstić information content (AvgIpc) is 2.79. The van der Waals surface area contributed by atoms with Gasteiger partial charge in [-0.05, 0) is 12.1 Å². The van der Waals surface area contributed by atoms with E-state index in [1.165, 1.54) is 0 Å². The molecule has 2 nitrogen and oxygen atoms in total. The van der Waals surface area contributed by atoms with E-state index in [-0.39, 0.29) is 12.4 Å². The van der Waals surface area contributed by atoms with Crippen LogP contribution in [0.1, 0.15) is 51.9 Å². The number of rotatable bonds is 0. The largest absolute Gasteiger partial charge is 0.485 e. The van der Waals surface area contributed by atoms with Crippen molar-refractivity contribution in [3.63, 3.8) is 0 Å². The normalized spacial score (nSPS) is 10.2. The number of para-hydroxylation sites is 1. The predicted octanol–water partition coefficient (Wildman–Crippen LogP) is 4.34. The van der Waals surface area contributed by atoms with Gasteiger partial charge in [0.15, 0.2) is 6.61 Å². The van der Waals surface area contributed by atoms with Gasteiger partial charge >= 0.3 is 0 Å². The van der Waals surface area contributed by atoms with Gasteiger partial charge in [0.05, 0.1) is 5.56 Å². The Labute approximate surface area is 99.6 Å². The molecule has 0 unspecified atom stereocenters. The first-order chi connectivity index (χ1) is 7.88. The molecule has 1 heterocycles. The lowest BCUT2D eigenvalue weighted by molar-refractivity contribution is 0.0961. The molecule has 0 amide bonds. The van der Waals surface area contributed by atoms with E-state index < -0.39 is 0 Å². The van der Waals surface area contributed by atoms with Crippen molar-refractivity contribution >= 4 is 5.78 Å². The number of hydrogen-bond donors (Lipinski definition) is 0. The van der Waals surface area contributed by atoms with Gasteiger partial charge in [0.2, 0.25) is 5.78 Å². The van der Waals surface area contributed by atoms with Gasteiger partial charge in [-0.15, -0.1) is 0 Å². The second-order valence-electron chi connectivity index (χ2n) is 2.21. The van der Waals surface area contributed by atoms with Crippen LogP contribution in [0.3, 0.4) is 0 Å². The van der Waals surface area contributed by atoms with Crippen LogP contribution in [0, 0.1) is 0 Å². The fourth-order valence-corrected chi connectivity index (χ4v) is 1.04. The lowest BCUT2D eigenvalue weighted by Gasteiger charge is -1.92. The number of hydrogen-bond acceptors (Lipinski definition) is 2. The Balaban J connectivity index is 0. The number of carbonyl (C=O) groups is 1. The van der Waals surface area contributed by atoms with E-state index in [0.29, 0.717) is 11.3 Å². The zero-order valence-corrected chi connectivity index (χ0v) is 11.3. The van der Waals surface area contributed by atoms with Gasteiger partial charge in [0.25, 0.3) is 0 Å². The summed E-state index contributed by atoms with van der Waals surface area (Å²) < 4.78 is 5.06. The van der Waals surface area contributed by atoms with Gasteiger partial charge in [-0.25, -0.2) is 0 Å². The SMILES string of the molecule is CC.CC.CC.O=C1COc2ccccc21. The molecule has 16 heavy (non-hydrogen) atoms. The molecule has 0 spiro atoms. The van der Waals surface area contributed by atoms with Crippen molar-refractivity contribution in [1.82, 2.24) is 0 Å². The zero-order valence-electron chi connectivity index (χ0n) is 11.3. The predicted molar refractivity (Wildman–Crippen MR) is 70.3 cm³/mol. The summed E-state index contributed by atoms with van der Waals surface area (Å²) in [6.45, 7) is 12.2. The molecule has 2 rings (SSSR count). The second-order valence-corrected chi connectivity index (χ2v) is 2.21. The number of Topliss-reactive ketones (excluding diaryl/α,β-unsaturated/α-hetero) is 1. The molecule has 1 aliphatic heterocycles. The Morgan fingerprint density at radius 3 is 1.94 bits per heavy atom. The monoisotopic (exact) mass is 224 g/mol. The molecule has 0 radical (unpaired) electrons. The highest BCUT2D eigenvalue weighted by atomic mass is 16.5. The Bertz CT molecular complexity index is 280. The Hall–Kier alpha value is -1.31. The molecule has 0 atom stereocenters. The number of carbonyl (C=O) groups excluding carboxylic acids is 1. The van der Waals surface area contributed by atoms with Crippen LogP contribution in [-0.4, -0.2) is 12.4 Å². The summed E-state index contributed by atoms with van der Waals surface area (Å²) >= 11 is 0. The molecule has 0 saturated carbocycles. The van der Waals surface area contributed by atoms with Crippen LogP contribution < -0.4 is 4.74 Å². The molecule has 0 saturated heterocycles. The van der Waals surface area contributed by atoms with Crippen LogP contribution in [0.15, 0.2) is 24.3 Å². The number of benzene rings is 1. The van der Waals surface area contributed by atoms with Crippen LogP contribution in [-0.2, 0) is 0 Å². The first kappa shape index (κ1) is 17.1. The first-order valence-corrected chi connectivity index (χ1v) is 6.13. The number of fused-ring (bicyclic) bond motifs is 1. The van der Waals surface area contributed by atoms with Gasteiger partial charge in [0.1, 0.15) is 5.75 Å². The maximum Gasteiger partial charge on any atom is 0.203 e. The third kappa shape index (κ3) is 4.96. The van der Waals surface area contributed by atoms with E-state index in [1.807, 2.05) is 53.7 Å². The van der Waals surface area contributed by atoms with Crippen molar-refractivity contribution in [3.05, 3.63) is 29.8 Å². The second kappa shape index (κ2) is 11.8. The van der Waals surface area contributed by atoms with Crippen molar-refractivity contribution in [1.29, 1.82) is 0 Å². The molecule has 2 heteroatoms. The van der Waals surface area contributed by atoms with Gasteiger partial charge < -0.3 is 4.74 Å². The summed E-state index contributed by atoms with van der Waals surface area (Å²) in [5, 5.41) is 0. The van der Waals surface area contributed by atoms with Crippen LogP contribution in [0.5, 0.6) is 5.75 Å². The molecule has 1 aromatic rings. The van der Waals surface area contributed by atoms with E-state index in [4.69, 9.17) is 4.74 Å². The van der Waals surface area contributed by atoms with Crippen LogP contribution in [0.4, 0.5) is 0 Å². The highest BCUT2D eigenvalue weighted by Crippen LogP contribution is 2.23. The Morgan fingerprint density at radius 2 is 1.44 bits per heavy atom. The minimum atomic E-state index is 0.0793. The minimum absolute atomic E-state index is 0.0793. The third-order valence-corrected chi connectivity index (χ3v) is 1.55. The lowest BCUT2D eigenvalue weighted by Crippen LogP contribution is -1.98. The highest BCUT2D eigenvalue weighted by Gasteiger charge is 2.18. The van der Waals surface area contributed by atoms with Gasteiger partial charge in [-0.2, -0.15) is 0 Å². The highest BCUT2D eigenvalue weighted by molar-refractivity contribution is 6.02. The molecule has 0 aromatic heterocycles. The summed E-state index contributed by atoms with van der Waals surface area (Å²) in [4.78, 5) is 10.9. The average molecular weight is 224 g/mol. The van der Waals surface area contributed by atoms with Gasteiger partial charge in [0, 0.05) is 0 Å². The third-order valence-electron chi connectivity index (χ3n) is 1.55. The van der Waals surface area contributed by atoms with E-state index in [0.717, 1.165) is 0 Å². The Kier molecular flexibility index (Phi) is 12.6. The number of ketones is 1.